The molecule has 0 aliphatic heterocycles. The molecular weight excluding hydrogens is 254 g/mol. The van der Waals surface area contributed by atoms with Crippen LogP contribution in [0.4, 0.5) is 0 Å². The molecule has 0 aliphatic carbocycles. The van der Waals surface area contributed by atoms with E-state index in [1.165, 1.54) is 5.56 Å². The maximum absolute atomic E-state index is 4.42. The van der Waals surface area contributed by atoms with Crippen molar-refractivity contribution in [1.29, 1.82) is 0 Å². The number of aryl methyl sites for hydroxylation is 1. The van der Waals surface area contributed by atoms with Gasteiger partial charge in [0, 0.05) is 4.47 Å². The molecule has 0 saturated heterocycles. The molecular formula is C11H14BrN3. The van der Waals surface area contributed by atoms with Crippen LogP contribution in [0.5, 0.6) is 0 Å². The van der Waals surface area contributed by atoms with E-state index in [1.54, 1.807) is 0 Å². The SMILES string of the molecule is CNCCc1cc(Br)c2nc(C)[nH]c2c1. The van der Waals surface area contributed by atoms with Crippen molar-refractivity contribution in [2.45, 2.75) is 13.3 Å². The highest BCUT2D eigenvalue weighted by Gasteiger charge is 2.05. The van der Waals surface area contributed by atoms with Crippen molar-refractivity contribution in [3.8, 4) is 0 Å². The molecule has 0 fully saturated rings. The van der Waals surface area contributed by atoms with E-state index < -0.39 is 0 Å². The van der Waals surface area contributed by atoms with Crippen molar-refractivity contribution in [1.82, 2.24) is 15.3 Å². The van der Waals surface area contributed by atoms with Crippen molar-refractivity contribution < 1.29 is 0 Å². The Balaban J connectivity index is 2.42. The molecule has 0 bridgehead atoms. The van der Waals surface area contributed by atoms with Crippen molar-refractivity contribution in [2.75, 3.05) is 13.6 Å². The minimum Gasteiger partial charge on any atom is -0.342 e. The third kappa shape index (κ3) is 2.21. The standard InChI is InChI=1S/C11H14BrN3/c1-7-14-10-6-8(3-4-13-2)5-9(12)11(10)15-7/h5-6,13H,3-4H2,1-2H3,(H,14,15). The highest BCUT2D eigenvalue weighted by Crippen LogP contribution is 2.24. The van der Waals surface area contributed by atoms with Gasteiger partial charge in [-0.05, 0) is 60.6 Å². The fourth-order valence-electron chi connectivity index (χ4n) is 1.67. The lowest BCUT2D eigenvalue weighted by molar-refractivity contribution is 0.792. The number of nitrogens with one attached hydrogen (secondary N) is 2. The molecule has 2 N–H and O–H groups in total. The summed E-state index contributed by atoms with van der Waals surface area (Å²) in [4.78, 5) is 7.67. The first-order valence-electron chi connectivity index (χ1n) is 5.00. The molecule has 2 rings (SSSR count). The maximum Gasteiger partial charge on any atom is 0.104 e. The quantitative estimate of drug-likeness (QED) is 0.897. The molecule has 0 spiro atoms. The van der Waals surface area contributed by atoms with Crippen LogP contribution in [0.3, 0.4) is 0 Å². The van der Waals surface area contributed by atoms with Gasteiger partial charge >= 0.3 is 0 Å². The molecule has 1 aromatic heterocycles. The molecule has 80 valence electrons. The number of aromatic amines is 1. The van der Waals surface area contributed by atoms with E-state index in [-0.39, 0.29) is 0 Å². The molecule has 0 unspecified atom stereocenters. The Morgan fingerprint density at radius 1 is 1.47 bits per heavy atom. The molecule has 0 saturated carbocycles. The Morgan fingerprint density at radius 2 is 2.27 bits per heavy atom. The summed E-state index contributed by atoms with van der Waals surface area (Å²) in [5, 5.41) is 3.15. The van der Waals surface area contributed by atoms with Crippen LogP contribution < -0.4 is 5.32 Å². The first kappa shape index (κ1) is 10.6. The third-order valence-electron chi connectivity index (χ3n) is 2.38. The normalized spacial score (nSPS) is 11.1. The van der Waals surface area contributed by atoms with Crippen LogP contribution in [0.15, 0.2) is 16.6 Å². The Bertz CT molecular complexity index is 476. The van der Waals surface area contributed by atoms with E-state index in [0.29, 0.717) is 0 Å². The molecule has 4 heteroatoms. The van der Waals surface area contributed by atoms with Gasteiger partial charge in [0.25, 0.3) is 0 Å². The molecule has 0 atom stereocenters. The predicted octanol–water partition coefficient (Wildman–Crippen LogP) is 2.40. The van der Waals surface area contributed by atoms with Gasteiger partial charge in [-0.25, -0.2) is 4.98 Å². The number of likely N-dealkylation sites (N-methyl/N-ethyl adjacent to an activating group) is 1. The van der Waals surface area contributed by atoms with Crippen molar-refractivity contribution >= 4 is 27.0 Å². The number of benzene rings is 1. The highest BCUT2D eigenvalue weighted by molar-refractivity contribution is 9.10. The second-order valence-corrected chi connectivity index (χ2v) is 4.50. The van der Waals surface area contributed by atoms with Gasteiger partial charge in [0.1, 0.15) is 11.3 Å². The van der Waals surface area contributed by atoms with E-state index in [2.05, 4.69) is 43.3 Å². The van der Waals surface area contributed by atoms with Gasteiger partial charge in [0.2, 0.25) is 0 Å². The van der Waals surface area contributed by atoms with Crippen LogP contribution in [0, 0.1) is 6.92 Å². The number of rotatable bonds is 3. The van der Waals surface area contributed by atoms with Gasteiger partial charge in [-0.15, -0.1) is 0 Å². The number of H-pyrrole nitrogens is 1. The van der Waals surface area contributed by atoms with Crippen LogP contribution in [-0.2, 0) is 6.42 Å². The van der Waals surface area contributed by atoms with Crippen LogP contribution in [0.1, 0.15) is 11.4 Å². The Labute approximate surface area is 97.4 Å². The fourth-order valence-corrected chi connectivity index (χ4v) is 2.26. The zero-order valence-electron chi connectivity index (χ0n) is 8.89. The van der Waals surface area contributed by atoms with Gasteiger partial charge in [0.05, 0.1) is 5.52 Å². The smallest absolute Gasteiger partial charge is 0.104 e. The monoisotopic (exact) mass is 267 g/mol. The van der Waals surface area contributed by atoms with Gasteiger partial charge in [0.15, 0.2) is 0 Å². The fraction of sp³-hybridized carbons (Fsp3) is 0.364. The second-order valence-electron chi connectivity index (χ2n) is 3.65. The zero-order chi connectivity index (χ0) is 10.8. The summed E-state index contributed by atoms with van der Waals surface area (Å²) in [6, 6.07) is 4.30. The second kappa shape index (κ2) is 4.33. The summed E-state index contributed by atoms with van der Waals surface area (Å²) in [5.41, 5.74) is 3.43. The Hall–Kier alpha value is -0.870. The summed E-state index contributed by atoms with van der Waals surface area (Å²) < 4.78 is 1.07. The van der Waals surface area contributed by atoms with Gasteiger partial charge < -0.3 is 10.3 Å². The van der Waals surface area contributed by atoms with Crippen LogP contribution in [-0.4, -0.2) is 23.6 Å². The van der Waals surface area contributed by atoms with E-state index in [0.717, 1.165) is 34.3 Å². The summed E-state index contributed by atoms with van der Waals surface area (Å²) in [5.74, 6) is 0.955. The first-order valence-corrected chi connectivity index (χ1v) is 5.79. The average molecular weight is 268 g/mol. The van der Waals surface area contributed by atoms with Crippen molar-refractivity contribution in [3.05, 3.63) is 28.0 Å². The van der Waals surface area contributed by atoms with E-state index in [9.17, 15) is 0 Å². The first-order chi connectivity index (χ1) is 7.20. The van der Waals surface area contributed by atoms with E-state index >= 15 is 0 Å². The summed E-state index contributed by atoms with van der Waals surface area (Å²) in [7, 11) is 1.97. The summed E-state index contributed by atoms with van der Waals surface area (Å²) in [6.45, 7) is 2.96. The average Bonchev–Trinajstić information content (AvgIpc) is 2.56. The summed E-state index contributed by atoms with van der Waals surface area (Å²) in [6.07, 6.45) is 1.03. The highest BCUT2D eigenvalue weighted by atomic mass is 79.9. The number of fused-ring (bicyclic) bond motifs is 1. The number of imidazole rings is 1. The lowest BCUT2D eigenvalue weighted by atomic mass is 10.1. The minimum atomic E-state index is 0.955. The number of hydrogen-bond donors (Lipinski definition) is 2. The van der Waals surface area contributed by atoms with Crippen molar-refractivity contribution in [2.24, 2.45) is 0 Å². The Morgan fingerprint density at radius 3 is 3.00 bits per heavy atom. The van der Waals surface area contributed by atoms with Crippen LogP contribution >= 0.6 is 15.9 Å². The number of halogens is 1. The minimum absolute atomic E-state index is 0.955. The molecule has 0 amide bonds. The molecule has 0 aliphatic rings. The summed E-state index contributed by atoms with van der Waals surface area (Å²) >= 11 is 3.55. The topological polar surface area (TPSA) is 40.7 Å². The van der Waals surface area contributed by atoms with E-state index in [4.69, 9.17) is 0 Å². The lowest BCUT2D eigenvalue weighted by Gasteiger charge is -2.02. The van der Waals surface area contributed by atoms with Gasteiger partial charge in [-0.3, -0.25) is 0 Å². The van der Waals surface area contributed by atoms with Crippen LogP contribution in [0.2, 0.25) is 0 Å². The zero-order valence-corrected chi connectivity index (χ0v) is 10.5. The Kier molecular flexibility index (Phi) is 3.07. The van der Waals surface area contributed by atoms with E-state index in [1.807, 2.05) is 14.0 Å². The lowest BCUT2D eigenvalue weighted by Crippen LogP contribution is -2.10. The largest absolute Gasteiger partial charge is 0.342 e. The van der Waals surface area contributed by atoms with Crippen LogP contribution in [0.25, 0.3) is 11.0 Å². The third-order valence-corrected chi connectivity index (χ3v) is 2.99. The molecule has 0 radical (unpaired) electrons. The molecule has 1 aromatic carbocycles. The van der Waals surface area contributed by atoms with Gasteiger partial charge in [-0.1, -0.05) is 0 Å². The van der Waals surface area contributed by atoms with Gasteiger partial charge in [-0.2, -0.15) is 0 Å². The molecule has 3 nitrogen and oxygen atoms in total. The molecule has 2 aromatic rings. The number of aromatic nitrogens is 2. The maximum atomic E-state index is 4.42. The van der Waals surface area contributed by atoms with Crippen molar-refractivity contribution in [3.63, 3.8) is 0 Å². The predicted molar refractivity (Wildman–Crippen MR) is 66.2 cm³/mol. The molecule has 15 heavy (non-hydrogen) atoms. The molecule has 1 heterocycles. The number of hydrogen-bond acceptors (Lipinski definition) is 2. The number of nitrogens with zero attached hydrogens (tertiary/aromatic N) is 1.